The lowest BCUT2D eigenvalue weighted by molar-refractivity contribution is -0.114. The third kappa shape index (κ3) is 7.08. The van der Waals surface area contributed by atoms with Crippen LogP contribution < -0.4 is 14.4 Å². The number of esters is 1. The number of carbonyl (C=O) groups excluding carboxylic acids is 2. The van der Waals surface area contributed by atoms with Gasteiger partial charge in [0.05, 0.1) is 24.1 Å². The molecule has 0 aliphatic heterocycles. The number of nitrogens with zero attached hydrogens (tertiary/aromatic N) is 1. The number of benzene rings is 3. The molecule has 0 atom stereocenters. The molecular formula is C25H26N2O6S. The molecule has 3 aromatic carbocycles. The van der Waals surface area contributed by atoms with Crippen molar-refractivity contribution in [1.82, 2.24) is 0 Å². The molecule has 0 heterocycles. The van der Waals surface area contributed by atoms with Crippen LogP contribution in [0.1, 0.15) is 22.8 Å². The van der Waals surface area contributed by atoms with E-state index in [0.717, 1.165) is 16.1 Å². The quantitative estimate of drug-likeness (QED) is 0.441. The Kier molecular flexibility index (Phi) is 8.26. The number of hydrogen-bond donors (Lipinski definition) is 1. The summed E-state index contributed by atoms with van der Waals surface area (Å²) < 4.78 is 36.4. The molecular weight excluding hydrogens is 456 g/mol. The summed E-state index contributed by atoms with van der Waals surface area (Å²) in [6.07, 6.45) is 1.04. The number of sulfonamides is 1. The molecule has 0 aromatic heterocycles. The number of ether oxygens (including phenoxy) is 2. The maximum atomic E-state index is 12.6. The van der Waals surface area contributed by atoms with E-state index in [1.807, 2.05) is 30.3 Å². The predicted molar refractivity (Wildman–Crippen MR) is 130 cm³/mol. The molecule has 0 bridgehead atoms. The Bertz CT molecular complexity index is 1210. The Labute approximate surface area is 199 Å². The smallest absolute Gasteiger partial charge is 0.338 e. The van der Waals surface area contributed by atoms with Crippen LogP contribution >= 0.6 is 0 Å². The topological polar surface area (TPSA) is 102 Å². The first kappa shape index (κ1) is 24.8. The van der Waals surface area contributed by atoms with Crippen molar-refractivity contribution in [1.29, 1.82) is 0 Å². The van der Waals surface area contributed by atoms with Crippen molar-refractivity contribution >= 4 is 33.3 Å². The van der Waals surface area contributed by atoms with Gasteiger partial charge in [-0.2, -0.15) is 0 Å². The van der Waals surface area contributed by atoms with Crippen LogP contribution in [-0.2, 0) is 26.2 Å². The molecule has 1 amide bonds. The van der Waals surface area contributed by atoms with Crippen LogP contribution in [0.3, 0.4) is 0 Å². The summed E-state index contributed by atoms with van der Waals surface area (Å²) in [5.41, 5.74) is 2.13. The molecule has 0 aliphatic rings. The van der Waals surface area contributed by atoms with Crippen molar-refractivity contribution in [2.24, 2.45) is 0 Å². The number of anilines is 2. The molecule has 0 aliphatic carbocycles. The van der Waals surface area contributed by atoms with Gasteiger partial charge in [-0.05, 0) is 61.0 Å². The summed E-state index contributed by atoms with van der Waals surface area (Å²) in [6.45, 7) is 1.94. The van der Waals surface area contributed by atoms with Crippen LogP contribution in [-0.4, -0.2) is 39.7 Å². The largest absolute Gasteiger partial charge is 0.489 e. The Morgan fingerprint density at radius 1 is 0.912 bits per heavy atom. The highest BCUT2D eigenvalue weighted by Crippen LogP contribution is 2.22. The Balaban J connectivity index is 1.64. The molecule has 0 spiro atoms. The van der Waals surface area contributed by atoms with E-state index in [9.17, 15) is 18.0 Å². The van der Waals surface area contributed by atoms with Gasteiger partial charge in [-0.1, -0.05) is 30.3 Å². The molecule has 3 aromatic rings. The van der Waals surface area contributed by atoms with Gasteiger partial charge in [0.2, 0.25) is 15.9 Å². The molecule has 1 N–H and O–H groups in total. The van der Waals surface area contributed by atoms with Gasteiger partial charge in [-0.25, -0.2) is 13.2 Å². The highest BCUT2D eigenvalue weighted by molar-refractivity contribution is 7.92. The fourth-order valence-electron chi connectivity index (χ4n) is 3.08. The number of rotatable bonds is 10. The average Bonchev–Trinajstić information content (AvgIpc) is 2.82. The fourth-order valence-corrected chi connectivity index (χ4v) is 3.94. The minimum Gasteiger partial charge on any atom is -0.489 e. The van der Waals surface area contributed by atoms with E-state index in [1.165, 1.54) is 12.1 Å². The van der Waals surface area contributed by atoms with Gasteiger partial charge in [0, 0.05) is 5.69 Å². The van der Waals surface area contributed by atoms with Crippen LogP contribution in [0.15, 0.2) is 78.9 Å². The lowest BCUT2D eigenvalue weighted by atomic mass is 10.2. The van der Waals surface area contributed by atoms with E-state index in [4.69, 9.17) is 9.47 Å². The zero-order valence-electron chi connectivity index (χ0n) is 18.9. The van der Waals surface area contributed by atoms with E-state index in [0.29, 0.717) is 29.3 Å². The van der Waals surface area contributed by atoms with Crippen LogP contribution in [0.2, 0.25) is 0 Å². The normalized spacial score (nSPS) is 10.9. The van der Waals surface area contributed by atoms with Gasteiger partial charge in [0.15, 0.2) is 0 Å². The summed E-state index contributed by atoms with van der Waals surface area (Å²) in [5.74, 6) is -0.411. The Morgan fingerprint density at radius 3 is 2.15 bits per heavy atom. The van der Waals surface area contributed by atoms with Crippen molar-refractivity contribution < 1.29 is 27.5 Å². The summed E-state index contributed by atoms with van der Waals surface area (Å²) in [6, 6.07) is 22.3. The minimum absolute atomic E-state index is 0.263. The van der Waals surface area contributed by atoms with Crippen molar-refractivity contribution in [3.05, 3.63) is 90.0 Å². The lowest BCUT2D eigenvalue weighted by Gasteiger charge is -2.22. The maximum Gasteiger partial charge on any atom is 0.338 e. The third-order valence-electron chi connectivity index (χ3n) is 4.74. The first-order valence-corrected chi connectivity index (χ1v) is 12.4. The van der Waals surface area contributed by atoms with Gasteiger partial charge >= 0.3 is 5.97 Å². The highest BCUT2D eigenvalue weighted by atomic mass is 32.2. The van der Waals surface area contributed by atoms with Crippen molar-refractivity contribution in [2.75, 3.05) is 29.0 Å². The second-order valence-corrected chi connectivity index (χ2v) is 9.29. The minimum atomic E-state index is -3.73. The third-order valence-corrected chi connectivity index (χ3v) is 5.88. The van der Waals surface area contributed by atoms with E-state index in [2.05, 4.69) is 5.32 Å². The number of hydrogen-bond acceptors (Lipinski definition) is 6. The molecule has 3 rings (SSSR count). The molecule has 0 radical (unpaired) electrons. The molecule has 0 saturated heterocycles. The molecule has 8 nitrogen and oxygen atoms in total. The van der Waals surface area contributed by atoms with Crippen LogP contribution in [0.5, 0.6) is 5.75 Å². The van der Waals surface area contributed by atoms with Gasteiger partial charge < -0.3 is 14.8 Å². The second kappa shape index (κ2) is 11.3. The lowest BCUT2D eigenvalue weighted by Crippen LogP contribution is -2.37. The van der Waals surface area contributed by atoms with E-state index < -0.39 is 28.4 Å². The molecule has 0 unspecified atom stereocenters. The van der Waals surface area contributed by atoms with Crippen molar-refractivity contribution in [3.8, 4) is 5.75 Å². The second-order valence-electron chi connectivity index (χ2n) is 7.38. The van der Waals surface area contributed by atoms with Crippen LogP contribution in [0.25, 0.3) is 0 Å². The highest BCUT2D eigenvalue weighted by Gasteiger charge is 2.21. The van der Waals surface area contributed by atoms with E-state index in [1.54, 1.807) is 43.3 Å². The summed E-state index contributed by atoms with van der Waals surface area (Å²) in [4.78, 5) is 24.3. The van der Waals surface area contributed by atoms with Crippen molar-refractivity contribution in [2.45, 2.75) is 13.5 Å². The van der Waals surface area contributed by atoms with Gasteiger partial charge in [0.1, 0.15) is 18.9 Å². The van der Waals surface area contributed by atoms with Gasteiger partial charge in [0.25, 0.3) is 0 Å². The summed E-state index contributed by atoms with van der Waals surface area (Å²) in [7, 11) is -3.73. The van der Waals surface area contributed by atoms with Crippen LogP contribution in [0, 0.1) is 0 Å². The first-order chi connectivity index (χ1) is 16.3. The molecule has 0 fully saturated rings. The maximum absolute atomic E-state index is 12.6. The molecule has 0 saturated carbocycles. The Hall–Kier alpha value is -3.85. The van der Waals surface area contributed by atoms with Gasteiger partial charge in [-0.15, -0.1) is 0 Å². The monoisotopic (exact) mass is 482 g/mol. The standard InChI is InChI=1S/C25H26N2O6S/c1-3-32-25(29)20-9-11-21(12-10-20)26-24(28)17-27(34(2,30)31)22-13-15-23(16-14-22)33-18-19-7-5-4-6-8-19/h4-16H,3,17-18H2,1-2H3,(H,26,28). The predicted octanol–water partition coefficient (Wildman–Crippen LogP) is 3.85. The van der Waals surface area contributed by atoms with Crippen LogP contribution in [0.4, 0.5) is 11.4 Å². The molecule has 9 heteroatoms. The summed E-state index contributed by atoms with van der Waals surface area (Å²) in [5, 5.41) is 2.64. The SMILES string of the molecule is CCOC(=O)c1ccc(NC(=O)CN(c2ccc(OCc3ccccc3)cc2)S(C)(=O)=O)cc1. The zero-order valence-corrected chi connectivity index (χ0v) is 19.7. The Morgan fingerprint density at radius 2 is 1.56 bits per heavy atom. The van der Waals surface area contributed by atoms with E-state index >= 15 is 0 Å². The average molecular weight is 483 g/mol. The summed E-state index contributed by atoms with van der Waals surface area (Å²) >= 11 is 0. The molecule has 34 heavy (non-hydrogen) atoms. The number of amides is 1. The fraction of sp³-hybridized carbons (Fsp3) is 0.200. The zero-order chi connectivity index (χ0) is 24.6. The van der Waals surface area contributed by atoms with Gasteiger partial charge in [-0.3, -0.25) is 9.10 Å². The first-order valence-electron chi connectivity index (χ1n) is 10.6. The number of nitrogens with one attached hydrogen (secondary N) is 1. The van der Waals surface area contributed by atoms with E-state index in [-0.39, 0.29) is 6.61 Å². The molecule has 178 valence electrons. The number of carbonyl (C=O) groups is 2. The van der Waals surface area contributed by atoms with Crippen molar-refractivity contribution in [3.63, 3.8) is 0 Å².